The molecule has 0 aliphatic carbocycles. The summed E-state index contributed by atoms with van der Waals surface area (Å²) < 4.78 is 7.55. The molecule has 0 bridgehead atoms. The van der Waals surface area contributed by atoms with Gasteiger partial charge in [0.05, 0.1) is 12.0 Å². The van der Waals surface area contributed by atoms with E-state index in [1.165, 1.54) is 30.3 Å². The maximum absolute atomic E-state index is 13.3. The fourth-order valence-corrected chi connectivity index (χ4v) is 4.44. The number of rotatable bonds is 7. The minimum absolute atomic E-state index is 0.0297. The molecule has 1 aromatic carbocycles. The molecule has 32 heavy (non-hydrogen) atoms. The molecule has 2 aromatic rings. The summed E-state index contributed by atoms with van der Waals surface area (Å²) in [5.41, 5.74) is -0.658. The van der Waals surface area contributed by atoms with Crippen molar-refractivity contribution in [3.8, 4) is 0 Å². The number of benzene rings is 1. The van der Waals surface area contributed by atoms with Crippen LogP contribution in [0, 0.1) is 5.41 Å². The molecule has 1 fully saturated rings. The van der Waals surface area contributed by atoms with Crippen LogP contribution in [0.5, 0.6) is 0 Å². The van der Waals surface area contributed by atoms with Gasteiger partial charge in [-0.25, -0.2) is 4.79 Å². The second kappa shape index (κ2) is 9.97. The summed E-state index contributed by atoms with van der Waals surface area (Å²) >= 11 is 0. The molecular weight excluding hydrogens is 410 g/mol. The Morgan fingerprint density at radius 1 is 1.09 bits per heavy atom. The van der Waals surface area contributed by atoms with Crippen LogP contribution in [0.4, 0.5) is 0 Å². The highest BCUT2D eigenvalue weighted by atomic mass is 16.5. The highest BCUT2D eigenvalue weighted by Crippen LogP contribution is 2.37. The van der Waals surface area contributed by atoms with Crippen molar-refractivity contribution in [1.29, 1.82) is 0 Å². The predicted octanol–water partition coefficient (Wildman–Crippen LogP) is 1.89. The second-order valence-corrected chi connectivity index (χ2v) is 8.44. The van der Waals surface area contributed by atoms with Gasteiger partial charge in [-0.1, -0.05) is 30.3 Å². The highest BCUT2D eigenvalue weighted by molar-refractivity contribution is 5.93. The van der Waals surface area contributed by atoms with Crippen LogP contribution < -0.4 is 11.2 Å². The number of amides is 1. The van der Waals surface area contributed by atoms with E-state index in [9.17, 15) is 19.2 Å². The van der Waals surface area contributed by atoms with Crippen molar-refractivity contribution >= 4 is 11.9 Å². The van der Waals surface area contributed by atoms with E-state index in [2.05, 4.69) is 12.1 Å². The van der Waals surface area contributed by atoms with Crippen LogP contribution in [0.3, 0.4) is 0 Å². The zero-order valence-electron chi connectivity index (χ0n) is 19.0. The third-order valence-electron chi connectivity index (χ3n) is 6.28. The normalized spacial score (nSPS) is 18.4. The van der Waals surface area contributed by atoms with Gasteiger partial charge in [0.15, 0.2) is 0 Å². The van der Waals surface area contributed by atoms with Gasteiger partial charge in [-0.05, 0) is 44.6 Å². The largest absolute Gasteiger partial charge is 0.466 e. The number of carbonyl (C=O) groups is 2. The zero-order valence-corrected chi connectivity index (χ0v) is 19.0. The molecule has 0 saturated carbocycles. The van der Waals surface area contributed by atoms with Crippen LogP contribution in [0.15, 0.2) is 46.0 Å². The van der Waals surface area contributed by atoms with E-state index in [1.807, 2.05) is 18.2 Å². The second-order valence-electron chi connectivity index (χ2n) is 8.44. The number of nitrogens with zero attached hydrogens (tertiary/aromatic N) is 3. The average molecular weight is 442 g/mol. The SMILES string of the molecule is CCOC(=O)C1(CCCc2ccccc2)CCCN(C(=O)c2cc(=O)n(C)c(=O)n2C)C1. The molecule has 1 aliphatic rings. The molecule has 8 heteroatoms. The molecule has 172 valence electrons. The number of carbonyl (C=O) groups excluding carboxylic acids is 2. The molecule has 1 amide bonds. The van der Waals surface area contributed by atoms with Crippen molar-refractivity contribution < 1.29 is 14.3 Å². The Morgan fingerprint density at radius 3 is 2.50 bits per heavy atom. The van der Waals surface area contributed by atoms with E-state index in [0.717, 1.165) is 17.4 Å². The predicted molar refractivity (Wildman–Crippen MR) is 121 cm³/mol. The van der Waals surface area contributed by atoms with Gasteiger partial charge >= 0.3 is 11.7 Å². The number of aryl methyl sites for hydroxylation is 1. The molecule has 1 unspecified atom stereocenters. The van der Waals surface area contributed by atoms with Gasteiger partial charge in [0.1, 0.15) is 5.69 Å². The molecule has 8 nitrogen and oxygen atoms in total. The number of hydrogen-bond donors (Lipinski definition) is 0. The first-order chi connectivity index (χ1) is 15.3. The van der Waals surface area contributed by atoms with Crippen molar-refractivity contribution in [1.82, 2.24) is 14.0 Å². The van der Waals surface area contributed by atoms with Gasteiger partial charge in [0.2, 0.25) is 0 Å². The van der Waals surface area contributed by atoms with Crippen molar-refractivity contribution in [3.63, 3.8) is 0 Å². The number of hydrogen-bond acceptors (Lipinski definition) is 5. The fourth-order valence-electron chi connectivity index (χ4n) is 4.44. The minimum Gasteiger partial charge on any atom is -0.466 e. The number of likely N-dealkylation sites (tertiary alicyclic amines) is 1. The van der Waals surface area contributed by atoms with Crippen LogP contribution >= 0.6 is 0 Å². The minimum atomic E-state index is -0.794. The van der Waals surface area contributed by atoms with E-state index >= 15 is 0 Å². The van der Waals surface area contributed by atoms with Crippen LogP contribution in [-0.4, -0.2) is 45.6 Å². The Bertz CT molecular complexity index is 1090. The first-order valence-electron chi connectivity index (χ1n) is 11.1. The summed E-state index contributed by atoms with van der Waals surface area (Å²) in [5, 5.41) is 0. The summed E-state index contributed by atoms with van der Waals surface area (Å²) in [6.45, 7) is 2.72. The van der Waals surface area contributed by atoms with Gasteiger partial charge in [0.25, 0.3) is 11.5 Å². The van der Waals surface area contributed by atoms with Gasteiger partial charge in [-0.15, -0.1) is 0 Å². The van der Waals surface area contributed by atoms with Gasteiger partial charge in [0, 0.05) is 33.3 Å². The topological polar surface area (TPSA) is 90.6 Å². The summed E-state index contributed by atoms with van der Waals surface area (Å²) in [4.78, 5) is 52.2. The Hall–Kier alpha value is -3.16. The first kappa shape index (κ1) is 23.5. The molecule has 1 aliphatic heterocycles. The molecule has 3 rings (SSSR count). The smallest absolute Gasteiger partial charge is 0.331 e. The third kappa shape index (κ3) is 4.84. The first-order valence-corrected chi connectivity index (χ1v) is 11.1. The van der Waals surface area contributed by atoms with E-state index < -0.39 is 22.6 Å². The molecule has 0 radical (unpaired) electrons. The van der Waals surface area contributed by atoms with Crippen LogP contribution in [0.2, 0.25) is 0 Å². The van der Waals surface area contributed by atoms with Gasteiger partial charge in [-0.3, -0.25) is 23.5 Å². The van der Waals surface area contributed by atoms with E-state index in [1.54, 1.807) is 11.8 Å². The highest BCUT2D eigenvalue weighted by Gasteiger charge is 2.44. The lowest BCUT2D eigenvalue weighted by Gasteiger charge is -2.41. The lowest BCUT2D eigenvalue weighted by Crippen LogP contribution is -2.52. The fraction of sp³-hybridized carbons (Fsp3) is 0.500. The van der Waals surface area contributed by atoms with Crippen molar-refractivity contribution in [2.24, 2.45) is 19.5 Å². The van der Waals surface area contributed by atoms with E-state index in [-0.39, 0.29) is 24.8 Å². The monoisotopic (exact) mass is 441 g/mol. The maximum atomic E-state index is 13.3. The lowest BCUT2D eigenvalue weighted by atomic mass is 9.75. The van der Waals surface area contributed by atoms with Crippen LogP contribution in [-0.2, 0) is 30.0 Å². The Balaban J connectivity index is 1.83. The lowest BCUT2D eigenvalue weighted by molar-refractivity contribution is -0.159. The average Bonchev–Trinajstić information content (AvgIpc) is 2.80. The number of ether oxygens (including phenoxy) is 1. The standard InChI is InChI=1S/C24H31N3O5/c1-4-32-22(30)24(13-8-12-18-10-6-5-7-11-18)14-9-15-27(17-24)21(29)19-16-20(28)26(3)23(31)25(19)2/h5-7,10-11,16H,4,8-9,12-15,17H2,1-3H3. The number of piperidine rings is 1. The number of esters is 1. The zero-order chi connectivity index (χ0) is 23.3. The quantitative estimate of drug-likeness (QED) is 0.612. The summed E-state index contributed by atoms with van der Waals surface area (Å²) in [6.07, 6.45) is 3.50. The van der Waals surface area contributed by atoms with Crippen molar-refractivity contribution in [2.75, 3.05) is 19.7 Å². The molecular formula is C24H31N3O5. The molecule has 0 N–H and O–H groups in total. The molecule has 1 atom stereocenters. The molecule has 0 spiro atoms. The molecule has 1 saturated heterocycles. The van der Waals surface area contributed by atoms with Crippen molar-refractivity contribution in [2.45, 2.75) is 39.0 Å². The summed E-state index contributed by atoms with van der Waals surface area (Å²) in [5.74, 6) is -0.706. The maximum Gasteiger partial charge on any atom is 0.331 e. The number of aromatic nitrogens is 2. The van der Waals surface area contributed by atoms with E-state index in [4.69, 9.17) is 4.74 Å². The molecule has 1 aromatic heterocycles. The summed E-state index contributed by atoms with van der Waals surface area (Å²) in [6, 6.07) is 11.3. The Kier molecular flexibility index (Phi) is 7.33. The third-order valence-corrected chi connectivity index (χ3v) is 6.28. The summed E-state index contributed by atoms with van der Waals surface area (Å²) in [7, 11) is 2.84. The van der Waals surface area contributed by atoms with Crippen LogP contribution in [0.25, 0.3) is 0 Å². The van der Waals surface area contributed by atoms with Gasteiger partial charge < -0.3 is 9.64 Å². The van der Waals surface area contributed by atoms with Crippen LogP contribution in [0.1, 0.15) is 48.7 Å². The van der Waals surface area contributed by atoms with Gasteiger partial charge in [-0.2, -0.15) is 0 Å². The Labute approximate surface area is 187 Å². The Morgan fingerprint density at radius 2 is 1.81 bits per heavy atom. The van der Waals surface area contributed by atoms with Crippen molar-refractivity contribution in [3.05, 3.63) is 68.5 Å². The molecule has 2 heterocycles. The van der Waals surface area contributed by atoms with E-state index in [0.29, 0.717) is 25.8 Å².